The minimum absolute atomic E-state index is 0.207. The fourth-order valence-electron chi connectivity index (χ4n) is 3.78. The van der Waals surface area contributed by atoms with E-state index < -0.39 is 5.97 Å². The van der Waals surface area contributed by atoms with Gasteiger partial charge in [0.25, 0.3) is 0 Å². The summed E-state index contributed by atoms with van der Waals surface area (Å²) in [6.45, 7) is 6.39. The number of aliphatic carboxylic acids is 1. The minimum Gasteiger partial charge on any atom is -0.481 e. The number of hydrogen-bond donors (Lipinski definition) is 1. The largest absolute Gasteiger partial charge is 0.481 e. The first-order chi connectivity index (χ1) is 9.10. The van der Waals surface area contributed by atoms with Gasteiger partial charge in [-0.1, -0.05) is 44.1 Å². The van der Waals surface area contributed by atoms with Crippen molar-refractivity contribution in [1.29, 1.82) is 0 Å². The molecule has 0 aliphatic heterocycles. The molecule has 0 radical (unpaired) electrons. The Morgan fingerprint density at radius 3 is 2.63 bits per heavy atom. The number of hydrogen-bond acceptors (Lipinski definition) is 1. The quantitative estimate of drug-likeness (QED) is 0.751. The van der Waals surface area contributed by atoms with Crippen LogP contribution in [0.2, 0.25) is 0 Å². The molecule has 2 aliphatic carbocycles. The summed E-state index contributed by atoms with van der Waals surface area (Å²) in [5.41, 5.74) is 1.53. The number of allylic oxidation sites excluding steroid dienone is 4. The van der Waals surface area contributed by atoms with Crippen molar-refractivity contribution in [1.82, 2.24) is 0 Å². The maximum absolute atomic E-state index is 11.5. The van der Waals surface area contributed by atoms with Crippen molar-refractivity contribution in [2.45, 2.75) is 46.5 Å². The Bertz CT molecular complexity index is 394. The van der Waals surface area contributed by atoms with Crippen LogP contribution in [0.4, 0.5) is 0 Å². The zero-order valence-corrected chi connectivity index (χ0v) is 12.3. The summed E-state index contributed by atoms with van der Waals surface area (Å²) in [4.78, 5) is 11.5. The Morgan fingerprint density at radius 1 is 1.42 bits per heavy atom. The molecule has 2 fully saturated rings. The first kappa shape index (κ1) is 14.4. The monoisotopic (exact) mass is 262 g/mol. The summed E-state index contributed by atoms with van der Waals surface area (Å²) in [6.07, 6.45) is 11.4. The van der Waals surface area contributed by atoms with Crippen LogP contribution < -0.4 is 0 Å². The van der Waals surface area contributed by atoms with Gasteiger partial charge in [0.05, 0.1) is 5.92 Å². The average Bonchev–Trinajstić information content (AvgIpc) is 2.36. The highest BCUT2D eigenvalue weighted by Crippen LogP contribution is 2.50. The van der Waals surface area contributed by atoms with E-state index in [-0.39, 0.29) is 17.8 Å². The van der Waals surface area contributed by atoms with Crippen LogP contribution in [0.15, 0.2) is 23.8 Å². The fourth-order valence-corrected chi connectivity index (χ4v) is 3.78. The van der Waals surface area contributed by atoms with Gasteiger partial charge in [-0.05, 0) is 49.9 Å². The highest BCUT2D eigenvalue weighted by molar-refractivity contribution is 5.73. The van der Waals surface area contributed by atoms with Gasteiger partial charge in [-0.2, -0.15) is 0 Å². The Kier molecular flexibility index (Phi) is 4.49. The first-order valence-corrected chi connectivity index (χ1v) is 7.66. The Morgan fingerprint density at radius 2 is 2.16 bits per heavy atom. The first-order valence-electron chi connectivity index (χ1n) is 7.66. The summed E-state index contributed by atoms with van der Waals surface area (Å²) >= 11 is 0. The topological polar surface area (TPSA) is 37.3 Å². The van der Waals surface area contributed by atoms with Crippen LogP contribution in [0.1, 0.15) is 46.5 Å². The van der Waals surface area contributed by atoms with Crippen LogP contribution in [-0.4, -0.2) is 11.1 Å². The molecule has 5 atom stereocenters. The summed E-state index contributed by atoms with van der Waals surface area (Å²) in [5.74, 6) is 0.832. The van der Waals surface area contributed by atoms with E-state index in [1.807, 2.05) is 13.0 Å². The summed E-state index contributed by atoms with van der Waals surface area (Å²) < 4.78 is 0. The smallest absolute Gasteiger partial charge is 0.307 e. The second-order valence-corrected chi connectivity index (χ2v) is 6.17. The molecule has 0 aromatic heterocycles. The van der Waals surface area contributed by atoms with Crippen LogP contribution in [0.25, 0.3) is 0 Å². The van der Waals surface area contributed by atoms with E-state index in [1.165, 1.54) is 31.3 Å². The third-order valence-corrected chi connectivity index (χ3v) is 5.09. The summed E-state index contributed by atoms with van der Waals surface area (Å²) in [5, 5.41) is 9.43. The van der Waals surface area contributed by atoms with Crippen molar-refractivity contribution < 1.29 is 9.90 Å². The molecular formula is C17H26O2. The van der Waals surface area contributed by atoms with E-state index in [4.69, 9.17) is 0 Å². The molecule has 2 nitrogen and oxygen atoms in total. The van der Waals surface area contributed by atoms with Gasteiger partial charge in [0, 0.05) is 0 Å². The molecule has 0 bridgehead atoms. The van der Waals surface area contributed by atoms with Gasteiger partial charge in [0.15, 0.2) is 0 Å². The van der Waals surface area contributed by atoms with Crippen LogP contribution in [0, 0.1) is 29.6 Å². The normalized spacial score (nSPS) is 40.2. The van der Waals surface area contributed by atoms with Gasteiger partial charge in [0.1, 0.15) is 0 Å². The van der Waals surface area contributed by atoms with Gasteiger partial charge < -0.3 is 5.11 Å². The maximum atomic E-state index is 11.5. The lowest BCUT2D eigenvalue weighted by Gasteiger charge is -2.47. The number of rotatable bonds is 5. The predicted molar refractivity (Wildman–Crippen MR) is 77.8 cm³/mol. The second-order valence-electron chi connectivity index (χ2n) is 6.17. The molecule has 19 heavy (non-hydrogen) atoms. The van der Waals surface area contributed by atoms with Gasteiger partial charge in [-0.25, -0.2) is 0 Å². The molecule has 0 aromatic rings. The molecule has 2 heteroatoms. The average molecular weight is 262 g/mol. The van der Waals surface area contributed by atoms with Crippen molar-refractivity contribution in [3.63, 3.8) is 0 Å². The third kappa shape index (κ3) is 2.63. The van der Waals surface area contributed by atoms with Crippen LogP contribution in [0.3, 0.4) is 0 Å². The Balaban J connectivity index is 2.07. The maximum Gasteiger partial charge on any atom is 0.307 e. The molecule has 0 spiro atoms. The zero-order chi connectivity index (χ0) is 14.0. The standard InChI is InChI=1S/C17H26O2/c1-4-6-12-8-9-13(12)10-15-11(3)14(7-5-2)16(15)17(18)19/h5,7,10-12,14-16H,4,6,8-9H2,1-3H3,(H,18,19)/b7-5-,13-10-/t11?,12-,14?,15?,16?/m0/s1. The van der Waals surface area contributed by atoms with Crippen molar-refractivity contribution >= 4 is 5.97 Å². The molecule has 0 aromatic carbocycles. The number of carbonyl (C=O) groups is 1. The molecular weight excluding hydrogens is 236 g/mol. The van der Waals surface area contributed by atoms with Crippen LogP contribution in [-0.2, 0) is 4.79 Å². The summed E-state index contributed by atoms with van der Waals surface area (Å²) in [6, 6.07) is 0. The summed E-state index contributed by atoms with van der Waals surface area (Å²) in [7, 11) is 0. The van der Waals surface area contributed by atoms with E-state index in [0.717, 1.165) is 5.92 Å². The molecule has 0 amide bonds. The predicted octanol–water partition coefficient (Wildman–Crippen LogP) is 4.28. The highest BCUT2D eigenvalue weighted by Gasteiger charge is 2.49. The molecule has 4 unspecified atom stereocenters. The third-order valence-electron chi connectivity index (χ3n) is 5.09. The Hall–Kier alpha value is -1.05. The molecule has 0 heterocycles. The van der Waals surface area contributed by atoms with Gasteiger partial charge in [-0.15, -0.1) is 0 Å². The van der Waals surface area contributed by atoms with Gasteiger partial charge in [-0.3, -0.25) is 4.79 Å². The molecule has 0 saturated heterocycles. The van der Waals surface area contributed by atoms with Crippen molar-refractivity contribution in [3.8, 4) is 0 Å². The van der Waals surface area contributed by atoms with E-state index in [2.05, 4.69) is 26.0 Å². The van der Waals surface area contributed by atoms with Crippen molar-refractivity contribution in [2.24, 2.45) is 29.6 Å². The lowest BCUT2D eigenvalue weighted by atomic mass is 9.56. The van der Waals surface area contributed by atoms with Crippen molar-refractivity contribution in [2.75, 3.05) is 0 Å². The molecule has 106 valence electrons. The molecule has 2 rings (SSSR count). The Labute approximate surface area is 116 Å². The lowest BCUT2D eigenvalue weighted by molar-refractivity contribution is -0.152. The minimum atomic E-state index is -0.630. The van der Waals surface area contributed by atoms with Gasteiger partial charge in [0.2, 0.25) is 0 Å². The van der Waals surface area contributed by atoms with E-state index >= 15 is 0 Å². The highest BCUT2D eigenvalue weighted by atomic mass is 16.4. The molecule has 1 N–H and O–H groups in total. The van der Waals surface area contributed by atoms with E-state index in [0.29, 0.717) is 5.92 Å². The second kappa shape index (κ2) is 5.94. The van der Waals surface area contributed by atoms with Gasteiger partial charge >= 0.3 is 5.97 Å². The number of carboxylic acid groups (broad SMARTS) is 1. The van der Waals surface area contributed by atoms with Crippen LogP contribution in [0.5, 0.6) is 0 Å². The lowest BCUT2D eigenvalue weighted by Crippen LogP contribution is -2.48. The van der Waals surface area contributed by atoms with Crippen LogP contribution >= 0.6 is 0 Å². The van der Waals surface area contributed by atoms with E-state index in [1.54, 1.807) is 0 Å². The molecule has 2 aliphatic rings. The molecule has 2 saturated carbocycles. The fraction of sp³-hybridized carbons (Fsp3) is 0.706. The van der Waals surface area contributed by atoms with E-state index in [9.17, 15) is 9.90 Å². The number of carboxylic acids is 1. The van der Waals surface area contributed by atoms with Crippen molar-refractivity contribution in [3.05, 3.63) is 23.8 Å². The SMILES string of the molecule is C/C=C\C1C(C)C(/C=C2/CC[C@@H]2CCC)C1C(=O)O. The zero-order valence-electron chi connectivity index (χ0n) is 12.3.